The van der Waals surface area contributed by atoms with Crippen molar-refractivity contribution in [2.75, 3.05) is 31.6 Å². The van der Waals surface area contributed by atoms with Gasteiger partial charge in [0.2, 0.25) is 29.5 Å². The standard InChI is InChI=1S/C37H58N8O9/c1-36(2,15-16-37(3,4)45-31(49)22-12-18-40-19-13-22)35(53)41-23-8-10-28-24(21-23)32(50)43-27(9-11-29(46)47)34(52)44-26(7-5-6-17-38)33(51)42-25(30(39)48)14-20-54-28/h8,10,21-22,25-27,40H,5-7,9,11-20,38H2,1-4H3,(H2,39,48)(H,41,53)(H,42,51)(H,43,50)(H,44,52)(H,45,49)(H,46,47)/t25-,26-,27-/m0/s1. The lowest BCUT2D eigenvalue weighted by molar-refractivity contribution is -0.137. The van der Waals surface area contributed by atoms with Crippen LogP contribution in [0.1, 0.15) is 102 Å². The zero-order valence-corrected chi connectivity index (χ0v) is 31.8. The molecule has 3 atom stereocenters. The molecule has 2 heterocycles. The molecule has 3 rings (SSSR count). The van der Waals surface area contributed by atoms with Crippen molar-refractivity contribution in [1.29, 1.82) is 0 Å². The predicted molar refractivity (Wildman–Crippen MR) is 200 cm³/mol. The van der Waals surface area contributed by atoms with Crippen molar-refractivity contribution < 1.29 is 43.4 Å². The number of carboxylic acids is 1. The maximum absolute atomic E-state index is 13.8. The Kier molecular flexibility index (Phi) is 16.2. The molecule has 11 N–H and O–H groups in total. The van der Waals surface area contributed by atoms with Gasteiger partial charge in [-0.05, 0) is 103 Å². The quantitative estimate of drug-likeness (QED) is 0.112. The molecular weight excluding hydrogens is 700 g/mol. The number of ether oxygens (including phenoxy) is 1. The van der Waals surface area contributed by atoms with Crippen LogP contribution in [-0.4, -0.2) is 96.4 Å². The van der Waals surface area contributed by atoms with E-state index < -0.39 is 65.1 Å². The van der Waals surface area contributed by atoms with E-state index in [1.165, 1.54) is 18.2 Å². The fourth-order valence-electron chi connectivity index (χ4n) is 6.18. The van der Waals surface area contributed by atoms with Gasteiger partial charge in [-0.25, -0.2) is 0 Å². The van der Waals surface area contributed by atoms with Gasteiger partial charge in [-0.2, -0.15) is 0 Å². The highest BCUT2D eigenvalue weighted by molar-refractivity contribution is 6.02. The molecule has 2 aliphatic rings. The number of carboxylic acid groups (broad SMARTS) is 1. The van der Waals surface area contributed by atoms with Gasteiger partial charge in [0.15, 0.2) is 0 Å². The van der Waals surface area contributed by atoms with Crippen LogP contribution in [0.3, 0.4) is 0 Å². The molecule has 1 aromatic carbocycles. The first kappa shape index (κ1) is 43.6. The summed E-state index contributed by atoms with van der Waals surface area (Å²) >= 11 is 0. The van der Waals surface area contributed by atoms with E-state index in [1.807, 2.05) is 13.8 Å². The Morgan fingerprint density at radius 2 is 1.57 bits per heavy atom. The van der Waals surface area contributed by atoms with E-state index in [-0.39, 0.29) is 60.6 Å². The number of aliphatic carboxylic acids is 1. The summed E-state index contributed by atoms with van der Waals surface area (Å²) in [7, 11) is 0. The second-order valence-corrected chi connectivity index (χ2v) is 15.4. The zero-order chi connectivity index (χ0) is 40.1. The predicted octanol–water partition coefficient (Wildman–Crippen LogP) is 0.656. The van der Waals surface area contributed by atoms with Gasteiger partial charge in [0.05, 0.1) is 12.2 Å². The number of anilines is 1. The molecule has 0 bridgehead atoms. The van der Waals surface area contributed by atoms with Gasteiger partial charge in [-0.1, -0.05) is 13.8 Å². The van der Waals surface area contributed by atoms with Crippen molar-refractivity contribution in [1.82, 2.24) is 26.6 Å². The van der Waals surface area contributed by atoms with Crippen LogP contribution in [0.4, 0.5) is 5.69 Å². The third-order valence-corrected chi connectivity index (χ3v) is 9.82. The molecule has 0 aromatic heterocycles. The Balaban J connectivity index is 1.84. The molecule has 1 aromatic rings. The third-order valence-electron chi connectivity index (χ3n) is 9.82. The van der Waals surface area contributed by atoms with Gasteiger partial charge in [0.1, 0.15) is 23.9 Å². The van der Waals surface area contributed by atoms with E-state index in [0.717, 1.165) is 25.9 Å². The molecule has 6 amide bonds. The second kappa shape index (κ2) is 20.1. The van der Waals surface area contributed by atoms with Crippen molar-refractivity contribution in [2.24, 2.45) is 22.8 Å². The van der Waals surface area contributed by atoms with Crippen LogP contribution in [0.25, 0.3) is 0 Å². The molecule has 2 aliphatic heterocycles. The van der Waals surface area contributed by atoms with Crippen LogP contribution in [-0.2, 0) is 28.8 Å². The van der Waals surface area contributed by atoms with Crippen LogP contribution >= 0.6 is 0 Å². The van der Waals surface area contributed by atoms with Crippen LogP contribution in [0.5, 0.6) is 5.75 Å². The number of amides is 6. The minimum absolute atomic E-state index is 0.00828. The fourth-order valence-corrected chi connectivity index (χ4v) is 6.18. The van der Waals surface area contributed by atoms with E-state index in [1.54, 1.807) is 13.8 Å². The molecule has 1 fully saturated rings. The number of benzene rings is 1. The normalized spacial score (nSPS) is 20.5. The van der Waals surface area contributed by atoms with Gasteiger partial charge < -0.3 is 53.2 Å². The number of hydrogen-bond acceptors (Lipinski definition) is 10. The Morgan fingerprint density at radius 3 is 2.22 bits per heavy atom. The van der Waals surface area contributed by atoms with Crippen molar-refractivity contribution in [3.8, 4) is 5.75 Å². The molecule has 1 saturated heterocycles. The topological polar surface area (TPSA) is 273 Å². The lowest BCUT2D eigenvalue weighted by atomic mass is 9.81. The minimum Gasteiger partial charge on any atom is -0.493 e. The smallest absolute Gasteiger partial charge is 0.303 e. The molecule has 17 heteroatoms. The maximum atomic E-state index is 13.8. The Morgan fingerprint density at radius 1 is 0.907 bits per heavy atom. The highest BCUT2D eigenvalue weighted by Gasteiger charge is 2.34. The number of unbranched alkanes of at least 4 members (excludes halogenated alkanes) is 1. The van der Waals surface area contributed by atoms with Crippen LogP contribution in [0.15, 0.2) is 18.2 Å². The van der Waals surface area contributed by atoms with Crippen molar-refractivity contribution in [3.63, 3.8) is 0 Å². The number of fused-ring (bicyclic) bond motifs is 1. The van der Waals surface area contributed by atoms with Crippen molar-refractivity contribution in [3.05, 3.63) is 23.8 Å². The van der Waals surface area contributed by atoms with Crippen LogP contribution < -0.4 is 48.1 Å². The maximum Gasteiger partial charge on any atom is 0.303 e. The second-order valence-electron chi connectivity index (χ2n) is 15.4. The van der Waals surface area contributed by atoms with E-state index in [0.29, 0.717) is 32.2 Å². The summed E-state index contributed by atoms with van der Waals surface area (Å²) in [6.07, 6.45) is 2.82. The highest BCUT2D eigenvalue weighted by Crippen LogP contribution is 2.30. The number of carbonyl (C=O) groups excluding carboxylic acids is 6. The van der Waals surface area contributed by atoms with E-state index in [2.05, 4.69) is 31.9 Å². The van der Waals surface area contributed by atoms with Crippen molar-refractivity contribution in [2.45, 2.75) is 116 Å². The molecule has 0 aliphatic carbocycles. The zero-order valence-electron chi connectivity index (χ0n) is 31.8. The van der Waals surface area contributed by atoms with E-state index >= 15 is 0 Å². The number of carbonyl (C=O) groups is 7. The van der Waals surface area contributed by atoms with Gasteiger partial charge in [0, 0.05) is 35.4 Å². The summed E-state index contributed by atoms with van der Waals surface area (Å²) in [6, 6.07) is 0.673. The summed E-state index contributed by atoms with van der Waals surface area (Å²) in [6.45, 7) is 9.22. The van der Waals surface area contributed by atoms with Gasteiger partial charge in [0.25, 0.3) is 5.91 Å². The molecular formula is C37H58N8O9. The number of hydrogen-bond donors (Lipinski definition) is 9. The molecule has 300 valence electrons. The number of nitrogens with one attached hydrogen (secondary N) is 6. The van der Waals surface area contributed by atoms with Gasteiger partial charge >= 0.3 is 5.97 Å². The number of primary amides is 1. The Labute approximate surface area is 316 Å². The average molecular weight is 759 g/mol. The van der Waals surface area contributed by atoms with E-state index in [4.69, 9.17) is 16.2 Å². The monoisotopic (exact) mass is 758 g/mol. The van der Waals surface area contributed by atoms with Gasteiger partial charge in [-0.3, -0.25) is 33.6 Å². The number of piperidine rings is 1. The van der Waals surface area contributed by atoms with Gasteiger partial charge in [-0.15, -0.1) is 0 Å². The average Bonchev–Trinajstić information content (AvgIpc) is 3.11. The number of rotatable bonds is 15. The lowest BCUT2D eigenvalue weighted by Gasteiger charge is -2.33. The van der Waals surface area contributed by atoms with Crippen LogP contribution in [0.2, 0.25) is 0 Å². The van der Waals surface area contributed by atoms with Crippen molar-refractivity contribution >= 4 is 47.1 Å². The lowest BCUT2D eigenvalue weighted by Crippen LogP contribution is -2.56. The Hall–Kier alpha value is -4.77. The highest BCUT2D eigenvalue weighted by atomic mass is 16.5. The molecule has 0 spiro atoms. The summed E-state index contributed by atoms with van der Waals surface area (Å²) < 4.78 is 5.88. The molecule has 0 radical (unpaired) electrons. The molecule has 17 nitrogen and oxygen atoms in total. The summed E-state index contributed by atoms with van der Waals surface area (Å²) in [5.74, 6) is -4.68. The molecule has 54 heavy (non-hydrogen) atoms. The third kappa shape index (κ3) is 13.6. The van der Waals surface area contributed by atoms with Crippen LogP contribution in [0, 0.1) is 11.3 Å². The first-order valence-electron chi connectivity index (χ1n) is 18.7. The SMILES string of the molecule is CC(C)(CCC(C)(C)C(=O)Nc1ccc2c(c1)C(=O)N[C@@H](CCC(=O)O)C(=O)N[C@@H](CCCCN)C(=O)N[C@H](C(N)=O)CCO2)NC(=O)C1CCNCC1. The first-order chi connectivity index (χ1) is 25.4. The summed E-state index contributed by atoms with van der Waals surface area (Å²) in [5, 5.41) is 26.4. The van der Waals surface area contributed by atoms with E-state index in [9.17, 15) is 38.7 Å². The number of nitrogens with two attached hydrogens (primary N) is 2. The fraction of sp³-hybridized carbons (Fsp3) is 0.649. The largest absolute Gasteiger partial charge is 0.493 e. The summed E-state index contributed by atoms with van der Waals surface area (Å²) in [5.41, 5.74) is 9.90. The molecule has 0 saturated carbocycles. The summed E-state index contributed by atoms with van der Waals surface area (Å²) in [4.78, 5) is 90.8. The minimum atomic E-state index is -1.38. The Bertz CT molecular complexity index is 1530. The first-order valence-corrected chi connectivity index (χ1v) is 18.7. The molecule has 0 unspecified atom stereocenters.